The zero-order chi connectivity index (χ0) is 21.9. The van der Waals surface area contributed by atoms with Crippen LogP contribution in [0.3, 0.4) is 0 Å². The molecule has 0 N–H and O–H groups in total. The number of halogens is 1. The first-order valence-corrected chi connectivity index (χ1v) is 10.5. The number of nitrogens with zero attached hydrogens (tertiary/aromatic N) is 1. The highest BCUT2D eigenvalue weighted by atomic mass is 35.5. The second-order valence-electron chi connectivity index (χ2n) is 7.35. The number of carbonyl (C=O) groups is 1. The topological polar surface area (TPSA) is 47.9 Å². The first kappa shape index (κ1) is 20.0. The highest BCUT2D eigenvalue weighted by molar-refractivity contribution is 6.30. The van der Waals surface area contributed by atoms with Crippen LogP contribution < -0.4 is 4.74 Å². The molecular weight excluding hydrogens is 422 g/mol. The van der Waals surface area contributed by atoms with Crippen LogP contribution in [0.1, 0.15) is 16.7 Å². The molecular formula is C27H18ClNO3. The van der Waals surface area contributed by atoms with Gasteiger partial charge in [0.2, 0.25) is 5.90 Å². The number of benzene rings is 4. The van der Waals surface area contributed by atoms with Crippen molar-refractivity contribution >= 4 is 40.3 Å². The SMILES string of the molecule is O=C1OC(c2ccc3ccccc3c2)=N/C1=C\c1ccccc1OCc1cccc(Cl)c1. The highest BCUT2D eigenvalue weighted by Gasteiger charge is 2.24. The molecule has 0 aromatic heterocycles. The van der Waals surface area contributed by atoms with E-state index in [0.29, 0.717) is 23.3 Å². The number of cyclic esters (lactones) is 1. The van der Waals surface area contributed by atoms with Gasteiger partial charge in [-0.05, 0) is 52.7 Å². The van der Waals surface area contributed by atoms with E-state index in [1.54, 1.807) is 6.08 Å². The Labute approximate surface area is 190 Å². The maximum absolute atomic E-state index is 12.5. The Morgan fingerprint density at radius 2 is 1.69 bits per heavy atom. The lowest BCUT2D eigenvalue weighted by molar-refractivity contribution is -0.129. The Hall–Kier alpha value is -3.89. The number of para-hydroxylation sites is 1. The Bertz CT molecular complexity index is 1390. The molecule has 0 bridgehead atoms. The molecule has 0 amide bonds. The summed E-state index contributed by atoms with van der Waals surface area (Å²) >= 11 is 6.05. The van der Waals surface area contributed by atoms with E-state index in [-0.39, 0.29) is 5.70 Å². The number of carbonyl (C=O) groups excluding carboxylic acids is 1. The van der Waals surface area contributed by atoms with Crippen LogP contribution in [0.15, 0.2) is 102 Å². The predicted molar refractivity (Wildman–Crippen MR) is 127 cm³/mol. The average Bonchev–Trinajstić information content (AvgIpc) is 3.18. The van der Waals surface area contributed by atoms with E-state index in [1.165, 1.54) is 0 Å². The second kappa shape index (κ2) is 8.69. The summed E-state index contributed by atoms with van der Waals surface area (Å²) in [5, 5.41) is 2.83. The zero-order valence-electron chi connectivity index (χ0n) is 17.0. The molecule has 4 aromatic carbocycles. The lowest BCUT2D eigenvalue weighted by atomic mass is 10.1. The lowest BCUT2D eigenvalue weighted by Gasteiger charge is -2.09. The monoisotopic (exact) mass is 439 g/mol. The van der Waals surface area contributed by atoms with Crippen molar-refractivity contribution in [2.24, 2.45) is 4.99 Å². The summed E-state index contributed by atoms with van der Waals surface area (Å²) in [6, 6.07) is 28.9. The summed E-state index contributed by atoms with van der Waals surface area (Å²) in [4.78, 5) is 16.9. The molecule has 0 radical (unpaired) electrons. The Morgan fingerprint density at radius 1 is 0.875 bits per heavy atom. The van der Waals surface area contributed by atoms with E-state index in [0.717, 1.165) is 27.5 Å². The van der Waals surface area contributed by atoms with Crippen molar-refractivity contribution in [1.29, 1.82) is 0 Å². The predicted octanol–water partition coefficient (Wildman–Crippen LogP) is 6.42. The molecule has 0 spiro atoms. The van der Waals surface area contributed by atoms with Gasteiger partial charge in [-0.25, -0.2) is 9.79 Å². The van der Waals surface area contributed by atoms with Crippen LogP contribution in [0.2, 0.25) is 5.02 Å². The quantitative estimate of drug-likeness (QED) is 0.266. The van der Waals surface area contributed by atoms with Gasteiger partial charge in [-0.2, -0.15) is 0 Å². The van der Waals surface area contributed by atoms with Crippen molar-refractivity contribution in [3.63, 3.8) is 0 Å². The first-order valence-electron chi connectivity index (χ1n) is 10.1. The van der Waals surface area contributed by atoms with Crippen molar-refractivity contribution < 1.29 is 14.3 Å². The summed E-state index contributed by atoms with van der Waals surface area (Å²) in [7, 11) is 0. The molecule has 4 nitrogen and oxygen atoms in total. The maximum Gasteiger partial charge on any atom is 0.363 e. The first-order chi connectivity index (χ1) is 15.7. The minimum absolute atomic E-state index is 0.229. The molecule has 0 saturated heterocycles. The molecule has 0 saturated carbocycles. The molecule has 0 fully saturated rings. The van der Waals surface area contributed by atoms with Crippen molar-refractivity contribution in [2.45, 2.75) is 6.61 Å². The Kier molecular flexibility index (Phi) is 5.44. The van der Waals surface area contributed by atoms with E-state index in [1.807, 2.05) is 91.0 Å². The number of esters is 1. The molecule has 5 rings (SSSR count). The molecule has 4 aromatic rings. The van der Waals surface area contributed by atoms with Gasteiger partial charge in [0.15, 0.2) is 5.70 Å². The molecule has 0 aliphatic carbocycles. The van der Waals surface area contributed by atoms with Gasteiger partial charge < -0.3 is 9.47 Å². The van der Waals surface area contributed by atoms with Crippen LogP contribution in [0, 0.1) is 0 Å². The summed E-state index contributed by atoms with van der Waals surface area (Å²) in [6.07, 6.45) is 1.68. The van der Waals surface area contributed by atoms with Gasteiger partial charge in [-0.1, -0.05) is 72.3 Å². The van der Waals surface area contributed by atoms with Gasteiger partial charge in [-0.3, -0.25) is 0 Å². The molecule has 0 unspecified atom stereocenters. The van der Waals surface area contributed by atoms with Gasteiger partial charge in [-0.15, -0.1) is 0 Å². The third kappa shape index (κ3) is 4.27. The van der Waals surface area contributed by atoms with Gasteiger partial charge >= 0.3 is 5.97 Å². The summed E-state index contributed by atoms with van der Waals surface area (Å²) in [5.41, 5.74) is 2.68. The number of aliphatic imine (C=N–C) groups is 1. The van der Waals surface area contributed by atoms with Crippen LogP contribution in [0.4, 0.5) is 0 Å². The summed E-state index contributed by atoms with van der Waals surface area (Å²) in [5.74, 6) is 0.448. The fourth-order valence-corrected chi connectivity index (χ4v) is 3.73. The van der Waals surface area contributed by atoms with Crippen LogP contribution in [0.25, 0.3) is 16.8 Å². The zero-order valence-corrected chi connectivity index (χ0v) is 17.8. The van der Waals surface area contributed by atoms with Crippen molar-refractivity contribution in [2.75, 3.05) is 0 Å². The summed E-state index contributed by atoms with van der Waals surface area (Å²) < 4.78 is 11.4. The Balaban J connectivity index is 1.41. The summed E-state index contributed by atoms with van der Waals surface area (Å²) in [6.45, 7) is 0.358. The number of ether oxygens (including phenoxy) is 2. The molecule has 5 heteroatoms. The third-order valence-electron chi connectivity index (χ3n) is 5.11. The van der Waals surface area contributed by atoms with E-state index < -0.39 is 5.97 Å². The van der Waals surface area contributed by atoms with Crippen LogP contribution in [-0.4, -0.2) is 11.9 Å². The van der Waals surface area contributed by atoms with Gasteiger partial charge in [0, 0.05) is 16.1 Å². The Morgan fingerprint density at radius 3 is 2.56 bits per heavy atom. The third-order valence-corrected chi connectivity index (χ3v) is 5.35. The molecule has 1 aliphatic rings. The fourth-order valence-electron chi connectivity index (χ4n) is 3.52. The maximum atomic E-state index is 12.5. The molecule has 32 heavy (non-hydrogen) atoms. The second-order valence-corrected chi connectivity index (χ2v) is 7.79. The van der Waals surface area contributed by atoms with Crippen molar-refractivity contribution in [3.05, 3.63) is 118 Å². The van der Waals surface area contributed by atoms with Crippen molar-refractivity contribution in [1.82, 2.24) is 0 Å². The van der Waals surface area contributed by atoms with Crippen molar-refractivity contribution in [3.8, 4) is 5.75 Å². The number of hydrogen-bond acceptors (Lipinski definition) is 4. The van der Waals surface area contributed by atoms with E-state index in [4.69, 9.17) is 21.1 Å². The minimum Gasteiger partial charge on any atom is -0.488 e. The van der Waals surface area contributed by atoms with Crippen LogP contribution in [0.5, 0.6) is 5.75 Å². The normalized spacial score (nSPS) is 14.5. The minimum atomic E-state index is -0.488. The number of hydrogen-bond donors (Lipinski definition) is 0. The highest BCUT2D eigenvalue weighted by Crippen LogP contribution is 2.26. The van der Waals surface area contributed by atoms with Crippen LogP contribution in [-0.2, 0) is 16.1 Å². The van der Waals surface area contributed by atoms with Gasteiger partial charge in [0.25, 0.3) is 0 Å². The molecule has 1 heterocycles. The van der Waals surface area contributed by atoms with E-state index >= 15 is 0 Å². The number of fused-ring (bicyclic) bond motifs is 1. The smallest absolute Gasteiger partial charge is 0.363 e. The number of rotatable bonds is 5. The van der Waals surface area contributed by atoms with E-state index in [9.17, 15) is 4.79 Å². The molecule has 156 valence electrons. The van der Waals surface area contributed by atoms with Gasteiger partial charge in [0.05, 0.1) is 0 Å². The molecule has 1 aliphatic heterocycles. The fraction of sp³-hybridized carbons (Fsp3) is 0.0370. The van der Waals surface area contributed by atoms with Gasteiger partial charge in [0.1, 0.15) is 12.4 Å². The van der Waals surface area contributed by atoms with E-state index in [2.05, 4.69) is 4.99 Å². The lowest BCUT2D eigenvalue weighted by Crippen LogP contribution is -2.05. The molecule has 0 atom stereocenters. The largest absolute Gasteiger partial charge is 0.488 e. The average molecular weight is 440 g/mol. The van der Waals surface area contributed by atoms with Crippen LogP contribution >= 0.6 is 11.6 Å². The standard InChI is InChI=1S/C27H18ClNO3/c28-23-10-5-6-18(14-23)17-31-25-11-4-3-9-21(25)16-24-27(30)32-26(29-24)22-13-12-19-7-1-2-8-20(19)15-22/h1-16H,17H2/b24-16-.